The molecule has 0 saturated carbocycles. The Kier molecular flexibility index (Phi) is 4.88. The molecule has 1 aromatic carbocycles. The second-order valence-corrected chi connectivity index (χ2v) is 4.18. The van der Waals surface area contributed by atoms with Crippen molar-refractivity contribution >= 4 is 0 Å². The van der Waals surface area contributed by atoms with E-state index in [9.17, 15) is 0 Å². The summed E-state index contributed by atoms with van der Waals surface area (Å²) in [6.07, 6.45) is 2.50. The quantitative estimate of drug-likeness (QED) is 0.817. The fourth-order valence-electron chi connectivity index (χ4n) is 1.93. The van der Waals surface area contributed by atoms with Gasteiger partial charge in [-0.3, -0.25) is 4.98 Å². The second kappa shape index (κ2) is 6.89. The summed E-state index contributed by atoms with van der Waals surface area (Å²) in [6, 6.07) is 16.2. The highest BCUT2D eigenvalue weighted by molar-refractivity contribution is 5.19. The molecule has 2 aromatic rings. The van der Waals surface area contributed by atoms with Crippen LogP contribution in [0.5, 0.6) is 0 Å². The summed E-state index contributed by atoms with van der Waals surface area (Å²) in [5.74, 6) is 0. The second-order valence-electron chi connectivity index (χ2n) is 4.18. The van der Waals surface area contributed by atoms with E-state index in [1.54, 1.807) is 6.20 Å². The number of hydrogen-bond donors (Lipinski definition) is 2. The Balaban J connectivity index is 1.99. The Morgan fingerprint density at radius 2 is 1.83 bits per heavy atom. The monoisotopic (exact) mass is 242 g/mol. The standard InChI is InChI=1S/C15H18N2O/c18-11-9-15(13-6-2-1-3-7-13)17-12-14-8-4-5-10-16-14/h1-8,10,15,17-18H,9,11-12H2/t15-/m1/s1. The first kappa shape index (κ1) is 12.7. The van der Waals surface area contributed by atoms with Gasteiger partial charge in [-0.2, -0.15) is 0 Å². The number of nitrogens with one attached hydrogen (secondary N) is 1. The topological polar surface area (TPSA) is 45.1 Å². The van der Waals surface area contributed by atoms with Gasteiger partial charge in [-0.25, -0.2) is 0 Å². The molecule has 2 N–H and O–H groups in total. The first-order valence-corrected chi connectivity index (χ1v) is 6.19. The lowest BCUT2D eigenvalue weighted by atomic mass is 10.0. The van der Waals surface area contributed by atoms with Crippen molar-refractivity contribution in [1.29, 1.82) is 0 Å². The van der Waals surface area contributed by atoms with Gasteiger partial charge in [0.25, 0.3) is 0 Å². The SMILES string of the molecule is OCC[C@@H](NCc1ccccn1)c1ccccc1. The highest BCUT2D eigenvalue weighted by atomic mass is 16.3. The maximum atomic E-state index is 9.14. The molecule has 1 atom stereocenters. The molecule has 0 bridgehead atoms. The number of benzene rings is 1. The van der Waals surface area contributed by atoms with E-state index < -0.39 is 0 Å². The molecule has 0 spiro atoms. The molecule has 0 unspecified atom stereocenters. The highest BCUT2D eigenvalue weighted by Crippen LogP contribution is 2.16. The molecule has 94 valence electrons. The van der Waals surface area contributed by atoms with Crippen molar-refractivity contribution < 1.29 is 5.11 Å². The average molecular weight is 242 g/mol. The Bertz CT molecular complexity index is 445. The number of hydrogen-bond acceptors (Lipinski definition) is 3. The molecule has 0 aliphatic heterocycles. The molecule has 3 nitrogen and oxygen atoms in total. The van der Waals surface area contributed by atoms with E-state index in [1.807, 2.05) is 36.4 Å². The lowest BCUT2D eigenvalue weighted by Gasteiger charge is -2.18. The molecule has 18 heavy (non-hydrogen) atoms. The summed E-state index contributed by atoms with van der Waals surface area (Å²) in [7, 11) is 0. The molecule has 2 rings (SSSR count). The third-order valence-corrected chi connectivity index (χ3v) is 2.88. The van der Waals surface area contributed by atoms with Crippen LogP contribution in [0.2, 0.25) is 0 Å². The van der Waals surface area contributed by atoms with Crippen LogP contribution in [0.25, 0.3) is 0 Å². The van der Waals surface area contributed by atoms with Crippen LogP contribution in [0.4, 0.5) is 0 Å². The molecular formula is C15H18N2O. The molecule has 0 radical (unpaired) electrons. The normalized spacial score (nSPS) is 12.3. The summed E-state index contributed by atoms with van der Waals surface area (Å²) in [4.78, 5) is 4.28. The van der Waals surface area contributed by atoms with Gasteiger partial charge in [-0.05, 0) is 24.1 Å². The molecule has 0 fully saturated rings. The zero-order valence-corrected chi connectivity index (χ0v) is 10.3. The van der Waals surface area contributed by atoms with Crippen LogP contribution in [0.3, 0.4) is 0 Å². The van der Waals surface area contributed by atoms with Gasteiger partial charge in [0.2, 0.25) is 0 Å². The summed E-state index contributed by atoms with van der Waals surface area (Å²) in [5.41, 5.74) is 2.21. The molecule has 3 heteroatoms. The first-order valence-electron chi connectivity index (χ1n) is 6.19. The van der Waals surface area contributed by atoms with Gasteiger partial charge in [-0.15, -0.1) is 0 Å². The van der Waals surface area contributed by atoms with Crippen molar-refractivity contribution in [1.82, 2.24) is 10.3 Å². The van der Waals surface area contributed by atoms with Crippen LogP contribution in [0, 0.1) is 0 Å². The summed E-state index contributed by atoms with van der Waals surface area (Å²) in [5, 5.41) is 12.6. The number of aliphatic hydroxyl groups excluding tert-OH is 1. The Hall–Kier alpha value is -1.71. The third kappa shape index (κ3) is 3.65. The molecule has 0 saturated heterocycles. The maximum absolute atomic E-state index is 9.14. The van der Waals surface area contributed by atoms with Gasteiger partial charge in [0.05, 0.1) is 5.69 Å². The zero-order chi connectivity index (χ0) is 12.6. The third-order valence-electron chi connectivity index (χ3n) is 2.88. The lowest BCUT2D eigenvalue weighted by Crippen LogP contribution is -2.22. The summed E-state index contributed by atoms with van der Waals surface area (Å²) in [6.45, 7) is 0.884. The van der Waals surface area contributed by atoms with Gasteiger partial charge in [0.1, 0.15) is 0 Å². The van der Waals surface area contributed by atoms with Crippen LogP contribution >= 0.6 is 0 Å². The number of aromatic nitrogens is 1. The Labute approximate surface area is 108 Å². The van der Waals surface area contributed by atoms with Gasteiger partial charge in [0.15, 0.2) is 0 Å². The minimum absolute atomic E-state index is 0.165. The van der Waals surface area contributed by atoms with Gasteiger partial charge >= 0.3 is 0 Å². The molecule has 1 heterocycles. The molecule has 0 aliphatic rings. The Morgan fingerprint density at radius 1 is 1.06 bits per heavy atom. The highest BCUT2D eigenvalue weighted by Gasteiger charge is 2.09. The number of rotatable bonds is 6. The smallest absolute Gasteiger partial charge is 0.0541 e. The Morgan fingerprint density at radius 3 is 2.50 bits per heavy atom. The minimum Gasteiger partial charge on any atom is -0.396 e. The molecule has 1 aromatic heterocycles. The van der Waals surface area contributed by atoms with E-state index in [2.05, 4.69) is 22.4 Å². The van der Waals surface area contributed by atoms with E-state index in [4.69, 9.17) is 5.11 Å². The van der Waals surface area contributed by atoms with Crippen molar-refractivity contribution in [3.05, 3.63) is 66.0 Å². The average Bonchev–Trinajstić information content (AvgIpc) is 2.45. The van der Waals surface area contributed by atoms with Crippen molar-refractivity contribution in [2.45, 2.75) is 19.0 Å². The van der Waals surface area contributed by atoms with Crippen LogP contribution in [0.1, 0.15) is 23.7 Å². The number of aliphatic hydroxyl groups is 1. The fourth-order valence-corrected chi connectivity index (χ4v) is 1.93. The predicted molar refractivity (Wildman–Crippen MR) is 72.0 cm³/mol. The summed E-state index contributed by atoms with van der Waals surface area (Å²) < 4.78 is 0. The van der Waals surface area contributed by atoms with Gasteiger partial charge in [-0.1, -0.05) is 36.4 Å². The van der Waals surface area contributed by atoms with E-state index in [1.165, 1.54) is 5.56 Å². The van der Waals surface area contributed by atoms with Gasteiger partial charge in [0, 0.05) is 25.4 Å². The van der Waals surface area contributed by atoms with Gasteiger partial charge < -0.3 is 10.4 Å². The number of pyridine rings is 1. The van der Waals surface area contributed by atoms with Crippen molar-refractivity contribution in [3.63, 3.8) is 0 Å². The predicted octanol–water partition coefficient (Wildman–Crippen LogP) is 2.29. The van der Waals surface area contributed by atoms with Crippen molar-refractivity contribution in [3.8, 4) is 0 Å². The van der Waals surface area contributed by atoms with Crippen molar-refractivity contribution in [2.75, 3.05) is 6.61 Å². The largest absolute Gasteiger partial charge is 0.396 e. The first-order chi connectivity index (χ1) is 8.90. The van der Waals surface area contributed by atoms with Crippen LogP contribution in [-0.2, 0) is 6.54 Å². The fraction of sp³-hybridized carbons (Fsp3) is 0.267. The van der Waals surface area contributed by atoms with Crippen LogP contribution in [-0.4, -0.2) is 16.7 Å². The summed E-state index contributed by atoms with van der Waals surface area (Å²) >= 11 is 0. The molecule has 0 amide bonds. The van der Waals surface area contributed by atoms with E-state index in [0.29, 0.717) is 13.0 Å². The molecular weight excluding hydrogens is 224 g/mol. The van der Waals surface area contributed by atoms with E-state index >= 15 is 0 Å². The van der Waals surface area contributed by atoms with Crippen LogP contribution in [0.15, 0.2) is 54.7 Å². The van der Waals surface area contributed by atoms with E-state index in [0.717, 1.165) is 5.69 Å². The zero-order valence-electron chi connectivity index (χ0n) is 10.3. The van der Waals surface area contributed by atoms with E-state index in [-0.39, 0.29) is 12.6 Å². The maximum Gasteiger partial charge on any atom is 0.0541 e. The van der Waals surface area contributed by atoms with Crippen molar-refractivity contribution in [2.24, 2.45) is 0 Å². The number of nitrogens with zero attached hydrogens (tertiary/aromatic N) is 1. The minimum atomic E-state index is 0.165. The molecule has 0 aliphatic carbocycles. The lowest BCUT2D eigenvalue weighted by molar-refractivity contribution is 0.265. The van der Waals surface area contributed by atoms with Crippen LogP contribution < -0.4 is 5.32 Å².